The van der Waals surface area contributed by atoms with Crippen LogP contribution in [0.4, 0.5) is 4.79 Å². The summed E-state index contributed by atoms with van der Waals surface area (Å²) in [5, 5.41) is 11.8. The maximum atomic E-state index is 12.1. The number of carboxylic acid groups (broad SMARTS) is 1. The molecule has 24 heavy (non-hydrogen) atoms. The van der Waals surface area contributed by atoms with Gasteiger partial charge in [-0.3, -0.25) is 0 Å². The number of benzene rings is 1. The first-order chi connectivity index (χ1) is 11.2. The average molecular weight is 331 g/mol. The molecule has 0 aliphatic carbocycles. The Morgan fingerprint density at radius 1 is 1.29 bits per heavy atom. The number of ether oxygens (including phenoxy) is 1. The molecular formula is C17H21N3O4. The number of carbonyl (C=O) groups excluding carboxylic acids is 1. The molecule has 0 spiro atoms. The first-order valence-corrected chi connectivity index (χ1v) is 7.56. The molecule has 3 N–H and O–H groups in total. The van der Waals surface area contributed by atoms with Crippen LogP contribution in [0.15, 0.2) is 36.5 Å². The van der Waals surface area contributed by atoms with E-state index in [1.165, 1.54) is 6.20 Å². The lowest BCUT2D eigenvalue weighted by atomic mass is 10.1. The topological polar surface area (TPSA) is 104 Å². The zero-order valence-electron chi connectivity index (χ0n) is 13.9. The molecule has 0 unspecified atom stereocenters. The Bertz CT molecular complexity index is 704. The molecule has 2 aromatic rings. The van der Waals surface area contributed by atoms with Crippen molar-refractivity contribution in [2.45, 2.75) is 38.8 Å². The van der Waals surface area contributed by atoms with Gasteiger partial charge < -0.3 is 20.1 Å². The van der Waals surface area contributed by atoms with Crippen molar-refractivity contribution in [3.8, 4) is 0 Å². The van der Waals surface area contributed by atoms with Gasteiger partial charge >= 0.3 is 12.1 Å². The summed E-state index contributed by atoms with van der Waals surface area (Å²) in [5.74, 6) is -0.744. The van der Waals surface area contributed by atoms with E-state index in [4.69, 9.17) is 9.84 Å². The minimum Gasteiger partial charge on any atom is -0.477 e. The fourth-order valence-electron chi connectivity index (χ4n) is 2.14. The average Bonchev–Trinajstić information content (AvgIpc) is 2.95. The van der Waals surface area contributed by atoms with Crippen molar-refractivity contribution in [1.29, 1.82) is 0 Å². The molecule has 7 nitrogen and oxygen atoms in total. The fraction of sp³-hybridized carbons (Fsp3) is 0.353. The Morgan fingerprint density at radius 3 is 2.50 bits per heavy atom. The molecule has 0 fully saturated rings. The molecule has 2 rings (SSSR count). The predicted molar refractivity (Wildman–Crippen MR) is 87.8 cm³/mol. The third-order valence-electron chi connectivity index (χ3n) is 3.13. The Balaban J connectivity index is 2.20. The molecule has 0 radical (unpaired) electrons. The summed E-state index contributed by atoms with van der Waals surface area (Å²) in [6, 6.07) is 9.00. The lowest BCUT2D eigenvalue weighted by molar-refractivity contribution is 0.0501. The standard InChI is InChI=1S/C17H21N3O4/c1-17(2,3)24-16(23)20-12(9-11-7-5-4-6-8-11)14-18-10-13(19-14)15(21)22/h4-8,10,12H,9H2,1-3H3,(H,18,19)(H,20,23)(H,21,22)/t12-/m0/s1. The monoisotopic (exact) mass is 331 g/mol. The third kappa shape index (κ3) is 5.12. The summed E-state index contributed by atoms with van der Waals surface area (Å²) >= 11 is 0. The highest BCUT2D eigenvalue weighted by atomic mass is 16.6. The van der Waals surface area contributed by atoms with E-state index in [9.17, 15) is 9.59 Å². The highest BCUT2D eigenvalue weighted by Gasteiger charge is 2.23. The summed E-state index contributed by atoms with van der Waals surface area (Å²) < 4.78 is 5.27. The van der Waals surface area contributed by atoms with Crippen LogP contribution in [-0.2, 0) is 11.2 Å². The molecule has 0 aliphatic rings. The summed E-state index contributed by atoms with van der Waals surface area (Å²) in [6.07, 6.45) is 1.09. The van der Waals surface area contributed by atoms with Crippen molar-refractivity contribution in [3.63, 3.8) is 0 Å². The fourth-order valence-corrected chi connectivity index (χ4v) is 2.14. The predicted octanol–water partition coefficient (Wildman–Crippen LogP) is 2.92. The maximum Gasteiger partial charge on any atom is 0.408 e. The van der Waals surface area contributed by atoms with Gasteiger partial charge in [0.15, 0.2) is 0 Å². The Hall–Kier alpha value is -2.83. The van der Waals surface area contributed by atoms with Crippen molar-refractivity contribution in [1.82, 2.24) is 15.3 Å². The van der Waals surface area contributed by atoms with Gasteiger partial charge in [0.25, 0.3) is 0 Å². The van der Waals surface area contributed by atoms with Gasteiger partial charge in [-0.25, -0.2) is 14.6 Å². The second-order valence-corrected chi connectivity index (χ2v) is 6.38. The van der Waals surface area contributed by atoms with Crippen LogP contribution < -0.4 is 5.32 Å². The van der Waals surface area contributed by atoms with E-state index in [2.05, 4.69) is 15.3 Å². The van der Waals surface area contributed by atoms with Gasteiger partial charge in [0, 0.05) is 6.42 Å². The zero-order chi connectivity index (χ0) is 17.7. The van der Waals surface area contributed by atoms with Gasteiger partial charge in [-0.05, 0) is 26.3 Å². The minimum atomic E-state index is -1.11. The van der Waals surface area contributed by atoms with Crippen LogP contribution >= 0.6 is 0 Å². The van der Waals surface area contributed by atoms with Gasteiger partial charge in [0.1, 0.15) is 17.1 Å². The smallest absolute Gasteiger partial charge is 0.408 e. The normalized spacial score (nSPS) is 12.5. The number of aromatic amines is 1. The lowest BCUT2D eigenvalue weighted by Gasteiger charge is -2.23. The van der Waals surface area contributed by atoms with Crippen molar-refractivity contribution < 1.29 is 19.4 Å². The molecular weight excluding hydrogens is 310 g/mol. The Morgan fingerprint density at radius 2 is 1.96 bits per heavy atom. The van der Waals surface area contributed by atoms with Crippen LogP contribution in [0, 0.1) is 0 Å². The van der Waals surface area contributed by atoms with Crippen molar-refractivity contribution >= 4 is 12.1 Å². The number of alkyl carbamates (subject to hydrolysis) is 1. The maximum absolute atomic E-state index is 12.1. The molecule has 0 aliphatic heterocycles. The third-order valence-corrected chi connectivity index (χ3v) is 3.13. The van der Waals surface area contributed by atoms with Crippen molar-refractivity contribution in [2.75, 3.05) is 0 Å². The van der Waals surface area contributed by atoms with Gasteiger partial charge in [-0.15, -0.1) is 0 Å². The molecule has 1 aromatic carbocycles. The number of amides is 1. The largest absolute Gasteiger partial charge is 0.477 e. The van der Waals surface area contributed by atoms with E-state index < -0.39 is 23.7 Å². The van der Waals surface area contributed by atoms with Gasteiger partial charge in [-0.2, -0.15) is 0 Å². The Labute approximate surface area is 140 Å². The van der Waals surface area contributed by atoms with Crippen LogP contribution in [-0.4, -0.2) is 32.7 Å². The highest BCUT2D eigenvalue weighted by Crippen LogP contribution is 2.17. The second-order valence-electron chi connectivity index (χ2n) is 6.38. The van der Waals surface area contributed by atoms with E-state index in [1.54, 1.807) is 20.8 Å². The molecule has 0 saturated carbocycles. The van der Waals surface area contributed by atoms with Gasteiger partial charge in [-0.1, -0.05) is 30.3 Å². The number of H-pyrrole nitrogens is 1. The number of aromatic carboxylic acids is 1. The highest BCUT2D eigenvalue weighted by molar-refractivity contribution is 5.85. The van der Waals surface area contributed by atoms with E-state index >= 15 is 0 Å². The zero-order valence-corrected chi connectivity index (χ0v) is 13.9. The van der Waals surface area contributed by atoms with Gasteiger partial charge in [0.05, 0.1) is 12.2 Å². The quantitative estimate of drug-likeness (QED) is 0.781. The summed E-state index contributed by atoms with van der Waals surface area (Å²) in [7, 11) is 0. The number of carbonyl (C=O) groups is 2. The second kappa shape index (κ2) is 7.16. The Kier molecular flexibility index (Phi) is 5.23. The van der Waals surface area contributed by atoms with Crippen molar-refractivity contribution in [2.24, 2.45) is 0 Å². The number of hydrogen-bond donors (Lipinski definition) is 3. The number of imidazole rings is 1. The number of nitrogens with zero attached hydrogens (tertiary/aromatic N) is 1. The molecule has 0 saturated heterocycles. The van der Waals surface area contributed by atoms with Crippen LogP contribution in [0.3, 0.4) is 0 Å². The van der Waals surface area contributed by atoms with Crippen molar-refractivity contribution in [3.05, 3.63) is 53.6 Å². The molecule has 1 atom stereocenters. The molecule has 1 amide bonds. The molecule has 7 heteroatoms. The molecule has 1 aromatic heterocycles. The summed E-state index contributed by atoms with van der Waals surface area (Å²) in [6.45, 7) is 5.32. The number of nitrogens with one attached hydrogen (secondary N) is 2. The molecule has 1 heterocycles. The number of aromatic nitrogens is 2. The molecule has 128 valence electrons. The van der Waals surface area contributed by atoms with Crippen LogP contribution in [0.1, 0.15) is 48.7 Å². The van der Waals surface area contributed by atoms with Gasteiger partial charge in [0.2, 0.25) is 0 Å². The first-order valence-electron chi connectivity index (χ1n) is 7.56. The minimum absolute atomic E-state index is 0.0333. The van der Waals surface area contributed by atoms with Crippen LogP contribution in [0.2, 0.25) is 0 Å². The number of carboxylic acids is 1. The van der Waals surface area contributed by atoms with E-state index in [1.807, 2.05) is 30.3 Å². The number of rotatable bonds is 5. The van der Waals surface area contributed by atoms with E-state index in [0.717, 1.165) is 5.56 Å². The SMILES string of the molecule is CC(C)(C)OC(=O)N[C@@H](Cc1ccccc1)c1ncc(C(=O)O)[nH]1. The van der Waals surface area contributed by atoms with Crippen LogP contribution in [0.25, 0.3) is 0 Å². The van der Waals surface area contributed by atoms with Crippen LogP contribution in [0.5, 0.6) is 0 Å². The van der Waals surface area contributed by atoms with E-state index in [-0.39, 0.29) is 5.69 Å². The lowest BCUT2D eigenvalue weighted by Crippen LogP contribution is -2.36. The summed E-state index contributed by atoms with van der Waals surface area (Å²) in [4.78, 5) is 29.9. The molecule has 0 bridgehead atoms. The first kappa shape index (κ1) is 17.5. The summed E-state index contributed by atoms with van der Waals surface area (Å²) in [5.41, 5.74) is 0.317. The van der Waals surface area contributed by atoms with E-state index in [0.29, 0.717) is 12.2 Å². The number of hydrogen-bond acceptors (Lipinski definition) is 4.